The summed E-state index contributed by atoms with van der Waals surface area (Å²) >= 11 is 0. The van der Waals surface area contributed by atoms with Crippen molar-refractivity contribution in [1.29, 1.82) is 0 Å². The zero-order valence-corrected chi connectivity index (χ0v) is 19.1. The Bertz CT molecular complexity index is 1070. The third-order valence-corrected chi connectivity index (χ3v) is 7.52. The lowest BCUT2D eigenvalue weighted by Gasteiger charge is -2.26. The number of benzene rings is 2. The number of carbonyl (C=O) groups is 2. The molecule has 10 heteroatoms. The first-order valence-electron chi connectivity index (χ1n) is 10.9. The monoisotopic (exact) mass is 473 g/mol. The van der Waals surface area contributed by atoms with Gasteiger partial charge in [-0.2, -0.15) is 4.31 Å². The van der Waals surface area contributed by atoms with Crippen LogP contribution in [0.15, 0.2) is 53.4 Å². The van der Waals surface area contributed by atoms with E-state index in [9.17, 15) is 18.0 Å². The first-order chi connectivity index (χ1) is 15.9. The van der Waals surface area contributed by atoms with Gasteiger partial charge in [0.1, 0.15) is 5.75 Å². The molecule has 0 spiro atoms. The minimum Gasteiger partial charge on any atom is -0.484 e. The van der Waals surface area contributed by atoms with Gasteiger partial charge in [0.05, 0.1) is 18.1 Å². The number of sulfonamides is 1. The van der Waals surface area contributed by atoms with E-state index >= 15 is 0 Å². The minimum atomic E-state index is -3.48. The largest absolute Gasteiger partial charge is 0.484 e. The SMILES string of the molecule is O=C(COc1ccc(C(=O)N2CCOCC2)cc1)Nc1ccc(S(=O)(=O)N2CCCC2)cc1. The van der Waals surface area contributed by atoms with Gasteiger partial charge in [0, 0.05) is 37.4 Å². The van der Waals surface area contributed by atoms with Crippen molar-refractivity contribution in [3.8, 4) is 5.75 Å². The molecule has 4 rings (SSSR count). The molecule has 2 fully saturated rings. The Hall–Kier alpha value is -2.95. The Kier molecular flexibility index (Phi) is 7.26. The van der Waals surface area contributed by atoms with Crippen molar-refractivity contribution >= 4 is 27.5 Å². The van der Waals surface area contributed by atoms with Gasteiger partial charge in [-0.15, -0.1) is 0 Å². The first kappa shape index (κ1) is 23.2. The van der Waals surface area contributed by atoms with Gasteiger partial charge in [0.2, 0.25) is 10.0 Å². The highest BCUT2D eigenvalue weighted by Gasteiger charge is 2.27. The van der Waals surface area contributed by atoms with Gasteiger partial charge >= 0.3 is 0 Å². The highest BCUT2D eigenvalue weighted by Crippen LogP contribution is 2.22. The number of rotatable bonds is 7. The molecule has 0 atom stereocenters. The van der Waals surface area contributed by atoms with Crippen LogP contribution in [0.25, 0.3) is 0 Å². The lowest BCUT2D eigenvalue weighted by molar-refractivity contribution is -0.118. The first-order valence-corrected chi connectivity index (χ1v) is 12.4. The number of nitrogens with zero attached hydrogens (tertiary/aromatic N) is 2. The maximum Gasteiger partial charge on any atom is 0.262 e. The van der Waals surface area contributed by atoms with E-state index in [2.05, 4.69) is 5.32 Å². The fraction of sp³-hybridized carbons (Fsp3) is 0.391. The number of ether oxygens (including phenoxy) is 2. The molecule has 0 radical (unpaired) electrons. The molecule has 1 N–H and O–H groups in total. The second-order valence-corrected chi connectivity index (χ2v) is 9.84. The predicted molar refractivity (Wildman–Crippen MR) is 122 cm³/mol. The van der Waals surface area contributed by atoms with Gasteiger partial charge in [-0.1, -0.05) is 0 Å². The van der Waals surface area contributed by atoms with E-state index < -0.39 is 10.0 Å². The van der Waals surface area contributed by atoms with Crippen molar-refractivity contribution in [2.45, 2.75) is 17.7 Å². The molecule has 0 aliphatic carbocycles. The van der Waals surface area contributed by atoms with E-state index in [1.165, 1.54) is 16.4 Å². The third-order valence-electron chi connectivity index (χ3n) is 5.61. The zero-order chi connectivity index (χ0) is 23.3. The van der Waals surface area contributed by atoms with Crippen LogP contribution in [0.2, 0.25) is 0 Å². The van der Waals surface area contributed by atoms with Crippen molar-refractivity contribution in [1.82, 2.24) is 9.21 Å². The number of morpholine rings is 1. The van der Waals surface area contributed by atoms with Crippen molar-refractivity contribution in [3.05, 3.63) is 54.1 Å². The van der Waals surface area contributed by atoms with E-state index in [-0.39, 0.29) is 23.3 Å². The molecule has 33 heavy (non-hydrogen) atoms. The van der Waals surface area contributed by atoms with Crippen molar-refractivity contribution in [2.24, 2.45) is 0 Å². The van der Waals surface area contributed by atoms with Crippen LogP contribution in [-0.4, -0.2) is 75.4 Å². The lowest BCUT2D eigenvalue weighted by Crippen LogP contribution is -2.40. The quantitative estimate of drug-likeness (QED) is 0.659. The molecular weight excluding hydrogens is 446 g/mol. The maximum atomic E-state index is 12.6. The Morgan fingerprint density at radius 3 is 2.18 bits per heavy atom. The van der Waals surface area contributed by atoms with Crippen LogP contribution in [0, 0.1) is 0 Å². The van der Waals surface area contributed by atoms with Crippen molar-refractivity contribution in [2.75, 3.05) is 51.3 Å². The Balaban J connectivity index is 1.27. The highest BCUT2D eigenvalue weighted by molar-refractivity contribution is 7.89. The number of carbonyl (C=O) groups excluding carboxylic acids is 2. The average Bonchev–Trinajstić information content (AvgIpc) is 3.40. The number of amides is 2. The number of hydrogen-bond acceptors (Lipinski definition) is 6. The van der Waals surface area contributed by atoms with E-state index in [4.69, 9.17) is 9.47 Å². The molecular formula is C23H27N3O6S. The van der Waals surface area contributed by atoms with Crippen molar-refractivity contribution in [3.63, 3.8) is 0 Å². The molecule has 2 aromatic rings. The van der Waals surface area contributed by atoms with Gasteiger partial charge in [0.15, 0.2) is 6.61 Å². The summed E-state index contributed by atoms with van der Waals surface area (Å²) in [6.45, 7) is 3.09. The van der Waals surface area contributed by atoms with Gasteiger partial charge < -0.3 is 19.7 Å². The maximum absolute atomic E-state index is 12.6. The molecule has 0 aromatic heterocycles. The molecule has 2 heterocycles. The van der Waals surface area contributed by atoms with Gasteiger partial charge in [-0.05, 0) is 61.4 Å². The molecule has 0 saturated carbocycles. The van der Waals surface area contributed by atoms with Crippen LogP contribution in [0.1, 0.15) is 23.2 Å². The molecule has 176 valence electrons. The Morgan fingerprint density at radius 1 is 0.909 bits per heavy atom. The van der Waals surface area contributed by atoms with E-state index in [0.717, 1.165) is 12.8 Å². The van der Waals surface area contributed by atoms with Gasteiger partial charge in [-0.3, -0.25) is 9.59 Å². The topological polar surface area (TPSA) is 105 Å². The smallest absolute Gasteiger partial charge is 0.262 e. The Labute approximate surface area is 193 Å². The minimum absolute atomic E-state index is 0.0576. The molecule has 0 unspecified atom stereocenters. The van der Waals surface area contributed by atoms with Gasteiger partial charge in [0.25, 0.3) is 11.8 Å². The van der Waals surface area contributed by atoms with E-state index in [0.29, 0.717) is 56.4 Å². The molecule has 2 amide bonds. The molecule has 2 saturated heterocycles. The molecule has 9 nitrogen and oxygen atoms in total. The lowest BCUT2D eigenvalue weighted by atomic mass is 10.2. The summed E-state index contributed by atoms with van der Waals surface area (Å²) in [4.78, 5) is 26.6. The Morgan fingerprint density at radius 2 is 1.55 bits per heavy atom. The summed E-state index contributed by atoms with van der Waals surface area (Å²) in [5.41, 5.74) is 1.04. The fourth-order valence-corrected chi connectivity index (χ4v) is 5.29. The van der Waals surface area contributed by atoms with Gasteiger partial charge in [-0.25, -0.2) is 8.42 Å². The number of anilines is 1. The van der Waals surface area contributed by atoms with E-state index in [1.54, 1.807) is 41.3 Å². The second-order valence-electron chi connectivity index (χ2n) is 7.90. The number of hydrogen-bond donors (Lipinski definition) is 1. The molecule has 2 aliphatic heterocycles. The molecule has 0 bridgehead atoms. The average molecular weight is 474 g/mol. The van der Waals surface area contributed by atoms with Crippen LogP contribution in [-0.2, 0) is 19.6 Å². The normalized spacial score (nSPS) is 17.0. The van der Waals surface area contributed by atoms with Crippen LogP contribution in [0.5, 0.6) is 5.75 Å². The third kappa shape index (κ3) is 5.70. The fourth-order valence-electron chi connectivity index (χ4n) is 3.78. The number of nitrogens with one attached hydrogen (secondary N) is 1. The summed E-state index contributed by atoms with van der Waals surface area (Å²) in [6.07, 6.45) is 1.75. The van der Waals surface area contributed by atoms with Crippen LogP contribution >= 0.6 is 0 Å². The van der Waals surface area contributed by atoms with Crippen LogP contribution in [0.4, 0.5) is 5.69 Å². The second kappa shape index (κ2) is 10.3. The highest BCUT2D eigenvalue weighted by atomic mass is 32.2. The van der Waals surface area contributed by atoms with Crippen LogP contribution in [0.3, 0.4) is 0 Å². The predicted octanol–water partition coefficient (Wildman–Crippen LogP) is 1.96. The van der Waals surface area contributed by atoms with E-state index in [1.807, 2.05) is 0 Å². The molecule has 2 aromatic carbocycles. The molecule has 2 aliphatic rings. The van der Waals surface area contributed by atoms with Crippen molar-refractivity contribution < 1.29 is 27.5 Å². The summed E-state index contributed by atoms with van der Waals surface area (Å²) in [5, 5.41) is 2.69. The standard InChI is InChI=1S/C23H27N3O6S/c27-22(24-19-5-9-21(10-6-19)33(29,30)26-11-1-2-12-26)17-32-20-7-3-18(4-8-20)23(28)25-13-15-31-16-14-25/h3-10H,1-2,11-17H2,(H,24,27). The van der Waals surface area contributed by atoms with Crippen LogP contribution < -0.4 is 10.1 Å². The summed E-state index contributed by atoms with van der Waals surface area (Å²) in [7, 11) is -3.48. The summed E-state index contributed by atoms with van der Waals surface area (Å²) in [6, 6.07) is 12.8. The summed E-state index contributed by atoms with van der Waals surface area (Å²) in [5.74, 6) is 0.0344. The zero-order valence-electron chi connectivity index (χ0n) is 18.2. The summed E-state index contributed by atoms with van der Waals surface area (Å²) < 4.78 is 37.4.